The van der Waals surface area contributed by atoms with Crippen molar-refractivity contribution < 1.29 is 9.84 Å². The summed E-state index contributed by atoms with van der Waals surface area (Å²) in [6, 6.07) is 3.60. The van der Waals surface area contributed by atoms with Crippen molar-refractivity contribution in [2.24, 2.45) is 0 Å². The van der Waals surface area contributed by atoms with Crippen molar-refractivity contribution in [1.29, 1.82) is 0 Å². The van der Waals surface area contributed by atoms with Crippen LogP contribution >= 0.6 is 0 Å². The minimum absolute atomic E-state index is 0.156. The highest BCUT2D eigenvalue weighted by Gasteiger charge is 2.20. The Balaban J connectivity index is 1.96. The van der Waals surface area contributed by atoms with Gasteiger partial charge in [-0.15, -0.1) is 0 Å². The summed E-state index contributed by atoms with van der Waals surface area (Å²) in [6.45, 7) is 0.805. The van der Waals surface area contributed by atoms with Gasteiger partial charge in [0.1, 0.15) is 5.82 Å². The molecule has 2 unspecified atom stereocenters. The Morgan fingerprint density at radius 2 is 2.44 bits per heavy atom. The van der Waals surface area contributed by atoms with E-state index in [1.807, 2.05) is 6.07 Å². The molecule has 1 aliphatic rings. The molecule has 16 heavy (non-hydrogen) atoms. The normalized spacial score (nSPS) is 22.9. The molecule has 1 aromatic rings. The van der Waals surface area contributed by atoms with Crippen LogP contribution in [0.15, 0.2) is 18.3 Å². The average Bonchev–Trinajstić information content (AvgIpc) is 2.31. The number of anilines is 1. The molecule has 4 heteroatoms. The molecular formula is C12H18N2O2. The summed E-state index contributed by atoms with van der Waals surface area (Å²) < 4.78 is 5.59. The average molecular weight is 222 g/mol. The number of nitrogens with two attached hydrogens (primary N) is 1. The van der Waals surface area contributed by atoms with Crippen molar-refractivity contribution in [3.63, 3.8) is 0 Å². The Morgan fingerprint density at radius 3 is 3.12 bits per heavy atom. The van der Waals surface area contributed by atoms with Gasteiger partial charge in [-0.25, -0.2) is 4.98 Å². The van der Waals surface area contributed by atoms with Crippen LogP contribution in [0.5, 0.6) is 0 Å². The molecule has 1 saturated heterocycles. The molecule has 1 aliphatic heterocycles. The maximum atomic E-state index is 10.1. The third kappa shape index (κ3) is 2.71. The number of aromatic nitrogens is 1. The van der Waals surface area contributed by atoms with Gasteiger partial charge in [-0.2, -0.15) is 0 Å². The summed E-state index contributed by atoms with van der Waals surface area (Å²) in [5.74, 6) is 0.408. The SMILES string of the molecule is Nc1ncccc1C(O)CC1CCCCO1. The molecule has 88 valence electrons. The van der Waals surface area contributed by atoms with Crippen LogP contribution in [0.1, 0.15) is 37.4 Å². The van der Waals surface area contributed by atoms with Gasteiger partial charge in [0.05, 0.1) is 12.2 Å². The van der Waals surface area contributed by atoms with Crippen LogP contribution in [0.2, 0.25) is 0 Å². The molecule has 4 nitrogen and oxygen atoms in total. The van der Waals surface area contributed by atoms with Gasteiger partial charge in [-0.05, 0) is 25.3 Å². The van der Waals surface area contributed by atoms with Gasteiger partial charge >= 0.3 is 0 Å². The Kier molecular flexibility index (Phi) is 3.74. The summed E-state index contributed by atoms with van der Waals surface area (Å²) in [5, 5.41) is 10.1. The van der Waals surface area contributed by atoms with Gasteiger partial charge in [-0.3, -0.25) is 0 Å². The highest BCUT2D eigenvalue weighted by molar-refractivity contribution is 5.39. The Labute approximate surface area is 95.4 Å². The summed E-state index contributed by atoms with van der Waals surface area (Å²) >= 11 is 0. The Hall–Kier alpha value is -1.13. The number of pyridine rings is 1. The number of ether oxygens (including phenoxy) is 1. The number of aliphatic hydroxyl groups excluding tert-OH is 1. The second-order valence-electron chi connectivity index (χ2n) is 4.22. The lowest BCUT2D eigenvalue weighted by molar-refractivity contribution is -0.0154. The zero-order valence-electron chi connectivity index (χ0n) is 9.30. The van der Waals surface area contributed by atoms with E-state index >= 15 is 0 Å². The number of nitrogen functional groups attached to an aromatic ring is 1. The van der Waals surface area contributed by atoms with E-state index in [2.05, 4.69) is 4.98 Å². The van der Waals surface area contributed by atoms with Gasteiger partial charge < -0.3 is 15.6 Å². The van der Waals surface area contributed by atoms with Gasteiger partial charge in [0, 0.05) is 24.8 Å². The van der Waals surface area contributed by atoms with E-state index in [0.29, 0.717) is 17.8 Å². The van der Waals surface area contributed by atoms with E-state index in [4.69, 9.17) is 10.5 Å². The van der Waals surface area contributed by atoms with Crippen LogP contribution < -0.4 is 5.73 Å². The van der Waals surface area contributed by atoms with E-state index in [0.717, 1.165) is 19.4 Å². The number of rotatable bonds is 3. The molecule has 2 atom stereocenters. The second kappa shape index (κ2) is 5.27. The smallest absolute Gasteiger partial charge is 0.129 e. The van der Waals surface area contributed by atoms with Gasteiger partial charge in [0.15, 0.2) is 0 Å². The number of hydrogen-bond acceptors (Lipinski definition) is 4. The number of nitrogens with zero attached hydrogens (tertiary/aromatic N) is 1. The summed E-state index contributed by atoms with van der Waals surface area (Å²) in [7, 11) is 0. The molecule has 0 aromatic carbocycles. The van der Waals surface area contributed by atoms with Crippen LogP contribution in [0, 0.1) is 0 Å². The fraction of sp³-hybridized carbons (Fsp3) is 0.583. The maximum Gasteiger partial charge on any atom is 0.129 e. The predicted molar refractivity (Wildman–Crippen MR) is 61.8 cm³/mol. The van der Waals surface area contributed by atoms with E-state index in [-0.39, 0.29) is 6.10 Å². The standard InChI is InChI=1S/C12H18N2O2/c13-12-10(5-3-6-14-12)11(15)8-9-4-1-2-7-16-9/h3,5-6,9,11,15H,1-2,4,7-8H2,(H2,13,14). The van der Waals surface area contributed by atoms with Crippen molar-refractivity contribution in [3.8, 4) is 0 Å². The summed E-state index contributed by atoms with van der Waals surface area (Å²) in [6.07, 6.45) is 5.15. The largest absolute Gasteiger partial charge is 0.388 e. The molecule has 2 rings (SSSR count). The third-order valence-electron chi connectivity index (χ3n) is 2.99. The maximum absolute atomic E-state index is 10.1. The number of aliphatic hydroxyl groups is 1. The molecule has 0 aliphatic carbocycles. The van der Waals surface area contributed by atoms with Crippen LogP contribution in [-0.2, 0) is 4.74 Å². The first-order valence-electron chi connectivity index (χ1n) is 5.77. The third-order valence-corrected chi connectivity index (χ3v) is 2.99. The van der Waals surface area contributed by atoms with Gasteiger partial charge in [0.25, 0.3) is 0 Å². The number of hydrogen-bond donors (Lipinski definition) is 2. The fourth-order valence-corrected chi connectivity index (χ4v) is 2.08. The van der Waals surface area contributed by atoms with Crippen LogP contribution in [-0.4, -0.2) is 22.8 Å². The predicted octanol–water partition coefficient (Wildman–Crippen LogP) is 1.66. The van der Waals surface area contributed by atoms with E-state index in [9.17, 15) is 5.11 Å². The van der Waals surface area contributed by atoms with Gasteiger partial charge in [0.2, 0.25) is 0 Å². The van der Waals surface area contributed by atoms with Crippen molar-refractivity contribution >= 4 is 5.82 Å². The monoisotopic (exact) mass is 222 g/mol. The van der Waals surface area contributed by atoms with E-state index < -0.39 is 6.10 Å². The highest BCUT2D eigenvalue weighted by Crippen LogP contribution is 2.26. The molecule has 1 fully saturated rings. The fourth-order valence-electron chi connectivity index (χ4n) is 2.08. The summed E-state index contributed by atoms with van der Waals surface area (Å²) in [4.78, 5) is 3.97. The Morgan fingerprint density at radius 1 is 1.56 bits per heavy atom. The first-order valence-corrected chi connectivity index (χ1v) is 5.77. The lowest BCUT2D eigenvalue weighted by Crippen LogP contribution is -2.22. The molecular weight excluding hydrogens is 204 g/mol. The molecule has 0 spiro atoms. The van der Waals surface area contributed by atoms with Crippen molar-refractivity contribution in [1.82, 2.24) is 4.98 Å². The molecule has 1 aromatic heterocycles. The van der Waals surface area contributed by atoms with E-state index in [1.165, 1.54) is 6.42 Å². The first-order chi connectivity index (χ1) is 7.77. The van der Waals surface area contributed by atoms with Gasteiger partial charge in [-0.1, -0.05) is 6.07 Å². The zero-order valence-corrected chi connectivity index (χ0v) is 9.30. The molecule has 0 saturated carbocycles. The minimum Gasteiger partial charge on any atom is -0.388 e. The van der Waals surface area contributed by atoms with Crippen molar-refractivity contribution in [3.05, 3.63) is 23.9 Å². The lowest BCUT2D eigenvalue weighted by Gasteiger charge is -2.25. The highest BCUT2D eigenvalue weighted by atomic mass is 16.5. The Bertz CT molecular complexity index is 338. The van der Waals surface area contributed by atoms with Crippen molar-refractivity contribution in [2.45, 2.75) is 37.9 Å². The first kappa shape index (κ1) is 11.4. The molecule has 3 N–H and O–H groups in total. The van der Waals surface area contributed by atoms with Crippen LogP contribution in [0.4, 0.5) is 5.82 Å². The van der Waals surface area contributed by atoms with Crippen LogP contribution in [0.3, 0.4) is 0 Å². The van der Waals surface area contributed by atoms with E-state index in [1.54, 1.807) is 12.3 Å². The second-order valence-corrected chi connectivity index (χ2v) is 4.22. The molecule has 2 heterocycles. The summed E-state index contributed by atoms with van der Waals surface area (Å²) in [5.41, 5.74) is 6.42. The lowest BCUT2D eigenvalue weighted by atomic mass is 9.99. The molecule has 0 bridgehead atoms. The molecule has 0 radical (unpaired) electrons. The quantitative estimate of drug-likeness (QED) is 0.816. The minimum atomic E-state index is -0.572. The molecule has 0 amide bonds. The van der Waals surface area contributed by atoms with Crippen LogP contribution in [0.25, 0.3) is 0 Å². The topological polar surface area (TPSA) is 68.4 Å². The zero-order chi connectivity index (χ0) is 11.4. The van der Waals surface area contributed by atoms with Crippen molar-refractivity contribution in [2.75, 3.05) is 12.3 Å².